The van der Waals surface area contributed by atoms with E-state index in [4.69, 9.17) is 10.3 Å². The quantitative estimate of drug-likeness (QED) is 0.364. The molecule has 0 unspecified atom stereocenters. The monoisotopic (exact) mass is 267 g/mol. The van der Waals surface area contributed by atoms with Crippen molar-refractivity contribution in [2.45, 2.75) is 17.8 Å². The van der Waals surface area contributed by atoms with Gasteiger partial charge in [-0.3, -0.25) is 10.2 Å². The Bertz CT molecular complexity index is 562. The van der Waals surface area contributed by atoms with Gasteiger partial charge in [-0.25, -0.2) is 5.84 Å². The number of nitrogen functional groups attached to an aromatic ring is 1. The van der Waals surface area contributed by atoms with E-state index in [2.05, 4.69) is 10.2 Å². The number of hydrazine groups is 1. The van der Waals surface area contributed by atoms with Crippen molar-refractivity contribution in [3.8, 4) is 0 Å². The van der Waals surface area contributed by atoms with Gasteiger partial charge in [0.05, 0.1) is 5.75 Å². The second-order valence-corrected chi connectivity index (χ2v) is 4.56. The molecule has 0 fully saturated rings. The lowest BCUT2D eigenvalue weighted by Gasteiger charge is -1.99. The molecule has 0 aliphatic heterocycles. The molecular formula is C10H13N5O2S. The van der Waals surface area contributed by atoms with E-state index in [1.54, 1.807) is 12.1 Å². The van der Waals surface area contributed by atoms with Crippen LogP contribution in [0.5, 0.6) is 0 Å². The summed E-state index contributed by atoms with van der Waals surface area (Å²) in [5.41, 5.74) is 2.01. The second kappa shape index (κ2) is 5.23. The molecule has 8 heteroatoms. The fourth-order valence-corrected chi connectivity index (χ4v) is 2.15. The summed E-state index contributed by atoms with van der Waals surface area (Å²) >= 11 is 1.49. The Morgan fingerprint density at radius 2 is 2.33 bits per heavy atom. The number of amides is 1. The van der Waals surface area contributed by atoms with Crippen molar-refractivity contribution >= 4 is 17.7 Å². The van der Waals surface area contributed by atoms with Crippen molar-refractivity contribution in [1.29, 1.82) is 0 Å². The molecule has 7 nitrogen and oxygen atoms in total. The lowest BCUT2D eigenvalue weighted by atomic mass is 10.4. The Morgan fingerprint density at radius 1 is 1.56 bits per heavy atom. The summed E-state index contributed by atoms with van der Waals surface area (Å²) in [5, 5.41) is 8.78. The van der Waals surface area contributed by atoms with Gasteiger partial charge in [-0.15, -0.1) is 10.2 Å². The molecule has 2 aromatic rings. The van der Waals surface area contributed by atoms with Gasteiger partial charge in [0.25, 0.3) is 0 Å². The first-order valence-corrected chi connectivity index (χ1v) is 6.19. The first-order valence-electron chi connectivity index (χ1n) is 5.20. The lowest BCUT2D eigenvalue weighted by Crippen LogP contribution is -2.29. The van der Waals surface area contributed by atoms with Crippen LogP contribution in [0.4, 0.5) is 0 Å². The molecule has 18 heavy (non-hydrogen) atoms. The molecular weight excluding hydrogens is 254 g/mol. The van der Waals surface area contributed by atoms with Crippen LogP contribution in [-0.4, -0.2) is 20.7 Å². The van der Waals surface area contributed by atoms with Crippen LogP contribution in [0.2, 0.25) is 0 Å². The minimum atomic E-state index is -0.444. The number of carbonyl (C=O) groups is 1. The second-order valence-electron chi connectivity index (χ2n) is 3.62. The maximum absolute atomic E-state index is 11.2. The van der Waals surface area contributed by atoms with Crippen molar-refractivity contribution in [1.82, 2.24) is 20.2 Å². The largest absolute Gasteiger partial charge is 0.455 e. The highest BCUT2D eigenvalue weighted by atomic mass is 32.2. The predicted octanol–water partition coefficient (Wildman–Crippen LogP) is 0.612. The average molecular weight is 267 g/mol. The summed E-state index contributed by atoms with van der Waals surface area (Å²) < 4.78 is 7.22. The van der Waals surface area contributed by atoms with Crippen LogP contribution in [0.15, 0.2) is 21.7 Å². The molecule has 3 N–H and O–H groups in total. The van der Waals surface area contributed by atoms with Gasteiger partial charge in [-0.1, -0.05) is 11.8 Å². The maximum Gasteiger partial charge on any atom is 0.300 e. The standard InChI is InChI=1S/C10H13N5O2S/c1-6-13-14-10(15(6)2)18-5-7-3-4-8(17-7)9(16)12-11/h3-4H,5,11H2,1-2H3,(H,12,16). The van der Waals surface area contributed by atoms with Crippen LogP contribution in [0.25, 0.3) is 0 Å². The van der Waals surface area contributed by atoms with Crippen LogP contribution in [0.1, 0.15) is 22.1 Å². The molecule has 0 saturated heterocycles. The minimum absolute atomic E-state index is 0.197. The smallest absolute Gasteiger partial charge is 0.300 e. The van der Waals surface area contributed by atoms with Crippen LogP contribution in [-0.2, 0) is 12.8 Å². The Morgan fingerprint density at radius 3 is 2.94 bits per heavy atom. The molecule has 2 heterocycles. The maximum atomic E-state index is 11.2. The minimum Gasteiger partial charge on any atom is -0.455 e. The number of hydrogen-bond acceptors (Lipinski definition) is 6. The molecule has 0 aliphatic carbocycles. The van der Waals surface area contributed by atoms with E-state index in [1.807, 2.05) is 24.0 Å². The van der Waals surface area contributed by atoms with Gasteiger partial charge in [-0.2, -0.15) is 0 Å². The van der Waals surface area contributed by atoms with Gasteiger partial charge in [0, 0.05) is 7.05 Å². The van der Waals surface area contributed by atoms with E-state index in [-0.39, 0.29) is 5.76 Å². The third kappa shape index (κ3) is 2.54. The average Bonchev–Trinajstić information content (AvgIpc) is 2.96. The number of carbonyl (C=O) groups excluding carboxylic acids is 1. The zero-order valence-electron chi connectivity index (χ0n) is 10.0. The number of nitrogens with zero attached hydrogens (tertiary/aromatic N) is 3. The third-order valence-corrected chi connectivity index (χ3v) is 3.46. The molecule has 0 radical (unpaired) electrons. The first-order chi connectivity index (χ1) is 8.61. The number of aryl methyl sites for hydroxylation is 1. The number of rotatable bonds is 4. The zero-order chi connectivity index (χ0) is 13.1. The predicted molar refractivity (Wildman–Crippen MR) is 65.7 cm³/mol. The highest BCUT2D eigenvalue weighted by Crippen LogP contribution is 2.22. The number of nitrogens with two attached hydrogens (primary N) is 1. The topological polar surface area (TPSA) is 99.0 Å². The van der Waals surface area contributed by atoms with E-state index in [0.717, 1.165) is 11.0 Å². The third-order valence-electron chi connectivity index (χ3n) is 2.41. The summed E-state index contributed by atoms with van der Waals surface area (Å²) in [4.78, 5) is 11.2. The summed E-state index contributed by atoms with van der Waals surface area (Å²) in [6.07, 6.45) is 0. The first kappa shape index (κ1) is 12.7. The van der Waals surface area contributed by atoms with E-state index in [1.165, 1.54) is 11.8 Å². The zero-order valence-corrected chi connectivity index (χ0v) is 10.8. The van der Waals surface area contributed by atoms with Crippen LogP contribution < -0.4 is 11.3 Å². The molecule has 0 atom stereocenters. The van der Waals surface area contributed by atoms with Crippen molar-refractivity contribution in [3.05, 3.63) is 29.5 Å². The number of aromatic nitrogens is 3. The fraction of sp³-hybridized carbons (Fsp3) is 0.300. The van der Waals surface area contributed by atoms with Crippen molar-refractivity contribution in [2.24, 2.45) is 12.9 Å². The molecule has 0 spiro atoms. The SMILES string of the molecule is Cc1nnc(SCc2ccc(C(=O)NN)o2)n1C. The highest BCUT2D eigenvalue weighted by molar-refractivity contribution is 7.98. The molecule has 2 rings (SSSR count). The Kier molecular flexibility index (Phi) is 3.68. The van der Waals surface area contributed by atoms with E-state index >= 15 is 0 Å². The van der Waals surface area contributed by atoms with Gasteiger partial charge < -0.3 is 8.98 Å². The molecule has 0 aromatic carbocycles. The van der Waals surface area contributed by atoms with Gasteiger partial charge >= 0.3 is 5.91 Å². The normalized spacial score (nSPS) is 10.6. The van der Waals surface area contributed by atoms with Crippen LogP contribution in [0.3, 0.4) is 0 Å². The number of hydrogen-bond donors (Lipinski definition) is 2. The summed E-state index contributed by atoms with van der Waals surface area (Å²) in [6, 6.07) is 3.32. The van der Waals surface area contributed by atoms with E-state index < -0.39 is 5.91 Å². The molecule has 2 aromatic heterocycles. The van der Waals surface area contributed by atoms with Gasteiger partial charge in [0.1, 0.15) is 11.6 Å². The summed E-state index contributed by atoms with van der Waals surface area (Å²) in [7, 11) is 1.90. The summed E-state index contributed by atoms with van der Waals surface area (Å²) in [5.74, 6) is 6.87. The van der Waals surface area contributed by atoms with Crippen molar-refractivity contribution < 1.29 is 9.21 Å². The Labute approximate surface area is 108 Å². The number of furan rings is 1. The van der Waals surface area contributed by atoms with E-state index in [0.29, 0.717) is 11.5 Å². The molecule has 0 bridgehead atoms. The van der Waals surface area contributed by atoms with Crippen LogP contribution in [0, 0.1) is 6.92 Å². The molecule has 96 valence electrons. The molecule has 0 aliphatic rings. The molecule has 1 amide bonds. The fourth-order valence-electron chi connectivity index (χ4n) is 1.30. The van der Waals surface area contributed by atoms with Crippen molar-refractivity contribution in [2.75, 3.05) is 0 Å². The highest BCUT2D eigenvalue weighted by Gasteiger charge is 2.11. The van der Waals surface area contributed by atoms with E-state index in [9.17, 15) is 4.79 Å². The number of thioether (sulfide) groups is 1. The Hall–Kier alpha value is -1.80. The van der Waals surface area contributed by atoms with Crippen LogP contribution >= 0.6 is 11.8 Å². The molecule has 0 saturated carbocycles. The van der Waals surface area contributed by atoms with Gasteiger partial charge in [0.2, 0.25) is 0 Å². The van der Waals surface area contributed by atoms with Gasteiger partial charge in [-0.05, 0) is 19.1 Å². The number of nitrogens with one attached hydrogen (secondary N) is 1. The summed E-state index contributed by atoms with van der Waals surface area (Å²) in [6.45, 7) is 1.88. The Balaban J connectivity index is 2.00. The lowest BCUT2D eigenvalue weighted by molar-refractivity contribution is 0.0924. The van der Waals surface area contributed by atoms with Gasteiger partial charge in [0.15, 0.2) is 10.9 Å². The van der Waals surface area contributed by atoms with Crippen molar-refractivity contribution in [3.63, 3.8) is 0 Å².